The minimum Gasteiger partial charge on any atom is -0.390 e. The average Bonchev–Trinajstić information content (AvgIpc) is 1.95. The normalized spacial score (nSPS) is 41.7. The highest BCUT2D eigenvalue weighted by Gasteiger charge is 2.26. The van der Waals surface area contributed by atoms with E-state index < -0.39 is 12.2 Å². The van der Waals surface area contributed by atoms with E-state index in [2.05, 4.69) is 0 Å². The summed E-state index contributed by atoms with van der Waals surface area (Å²) in [5, 5.41) is 18.2. The molecule has 3 nitrogen and oxygen atoms in total. The summed E-state index contributed by atoms with van der Waals surface area (Å²) in [6.45, 7) is 2.29. The fraction of sp³-hybridized carbons (Fsp3) is 1.00. The summed E-state index contributed by atoms with van der Waals surface area (Å²) in [5.74, 6) is 0. The van der Waals surface area contributed by atoms with E-state index in [0.29, 0.717) is 6.42 Å². The molecule has 1 aliphatic heterocycles. The van der Waals surface area contributed by atoms with Gasteiger partial charge in [0, 0.05) is 6.42 Å². The molecule has 0 bridgehead atoms. The molecular formula is C7H14O3. The van der Waals surface area contributed by atoms with Crippen LogP contribution in [0.5, 0.6) is 0 Å². The van der Waals surface area contributed by atoms with Crippen LogP contribution in [0.3, 0.4) is 0 Å². The standard InChI is InChI=1S/C7H14O3/c1-2-5-3-6(8)7(9)4-10-5/h5-9H,2-4H2,1H3. The van der Waals surface area contributed by atoms with Crippen molar-refractivity contribution in [1.82, 2.24) is 0 Å². The molecule has 3 heteroatoms. The molecule has 0 radical (unpaired) electrons. The molecule has 1 fully saturated rings. The van der Waals surface area contributed by atoms with E-state index in [4.69, 9.17) is 14.9 Å². The van der Waals surface area contributed by atoms with E-state index in [-0.39, 0.29) is 12.7 Å². The first-order valence-electron chi connectivity index (χ1n) is 3.71. The van der Waals surface area contributed by atoms with Gasteiger partial charge in [0.2, 0.25) is 0 Å². The third kappa shape index (κ3) is 1.68. The van der Waals surface area contributed by atoms with Crippen LogP contribution in [0.4, 0.5) is 0 Å². The van der Waals surface area contributed by atoms with E-state index in [9.17, 15) is 0 Å². The van der Waals surface area contributed by atoms with E-state index >= 15 is 0 Å². The molecular weight excluding hydrogens is 132 g/mol. The Kier molecular flexibility index (Phi) is 2.65. The molecule has 3 atom stereocenters. The summed E-state index contributed by atoms with van der Waals surface area (Å²) in [5.41, 5.74) is 0. The van der Waals surface area contributed by atoms with Crippen molar-refractivity contribution in [1.29, 1.82) is 0 Å². The number of aliphatic hydroxyl groups is 2. The zero-order chi connectivity index (χ0) is 7.56. The second kappa shape index (κ2) is 3.32. The Morgan fingerprint density at radius 2 is 2.10 bits per heavy atom. The van der Waals surface area contributed by atoms with Crippen LogP contribution in [0.25, 0.3) is 0 Å². The summed E-state index contributed by atoms with van der Waals surface area (Å²) in [7, 11) is 0. The lowest BCUT2D eigenvalue weighted by atomic mass is 10.0. The summed E-state index contributed by atoms with van der Waals surface area (Å²) in [6.07, 6.45) is 0.349. The van der Waals surface area contributed by atoms with Crippen LogP contribution in [0.2, 0.25) is 0 Å². The van der Waals surface area contributed by atoms with Gasteiger partial charge in [-0.25, -0.2) is 0 Å². The average molecular weight is 146 g/mol. The van der Waals surface area contributed by atoms with Gasteiger partial charge >= 0.3 is 0 Å². The monoisotopic (exact) mass is 146 g/mol. The molecule has 10 heavy (non-hydrogen) atoms. The molecule has 1 saturated heterocycles. The fourth-order valence-electron chi connectivity index (χ4n) is 1.12. The number of hydrogen-bond donors (Lipinski definition) is 2. The smallest absolute Gasteiger partial charge is 0.103 e. The first kappa shape index (κ1) is 7.98. The van der Waals surface area contributed by atoms with Gasteiger partial charge in [0.05, 0.1) is 18.8 Å². The quantitative estimate of drug-likeness (QED) is 0.543. The van der Waals surface area contributed by atoms with Gasteiger partial charge < -0.3 is 14.9 Å². The molecule has 1 aliphatic rings. The van der Waals surface area contributed by atoms with Crippen LogP contribution < -0.4 is 0 Å². The number of hydrogen-bond acceptors (Lipinski definition) is 3. The second-order valence-corrected chi connectivity index (χ2v) is 2.73. The van der Waals surface area contributed by atoms with Gasteiger partial charge in [0.1, 0.15) is 6.10 Å². The molecule has 0 amide bonds. The fourth-order valence-corrected chi connectivity index (χ4v) is 1.12. The van der Waals surface area contributed by atoms with Crippen molar-refractivity contribution in [3.8, 4) is 0 Å². The Bertz CT molecular complexity index is 105. The lowest BCUT2D eigenvalue weighted by Crippen LogP contribution is -2.40. The maximum Gasteiger partial charge on any atom is 0.103 e. The first-order chi connectivity index (χ1) is 4.74. The van der Waals surface area contributed by atoms with Gasteiger partial charge in [-0.2, -0.15) is 0 Å². The molecule has 0 aromatic rings. The maximum atomic E-state index is 9.15. The Hall–Kier alpha value is -0.120. The number of ether oxygens (including phenoxy) is 1. The SMILES string of the molecule is CCC1CC(O)C(O)CO1. The summed E-state index contributed by atoms with van der Waals surface area (Å²) in [4.78, 5) is 0. The van der Waals surface area contributed by atoms with Crippen molar-refractivity contribution in [2.45, 2.75) is 38.1 Å². The van der Waals surface area contributed by atoms with Crippen molar-refractivity contribution >= 4 is 0 Å². The molecule has 1 rings (SSSR count). The highest BCUT2D eigenvalue weighted by molar-refractivity contribution is 4.76. The first-order valence-corrected chi connectivity index (χ1v) is 3.71. The molecule has 1 heterocycles. The zero-order valence-electron chi connectivity index (χ0n) is 6.16. The van der Waals surface area contributed by atoms with Crippen LogP contribution in [-0.2, 0) is 4.74 Å². The minimum atomic E-state index is -0.678. The van der Waals surface area contributed by atoms with E-state index in [1.54, 1.807) is 0 Å². The topological polar surface area (TPSA) is 49.7 Å². The minimum absolute atomic E-state index is 0.137. The lowest BCUT2D eigenvalue weighted by Gasteiger charge is -2.29. The maximum absolute atomic E-state index is 9.15. The van der Waals surface area contributed by atoms with Crippen molar-refractivity contribution < 1.29 is 14.9 Å². The molecule has 0 spiro atoms. The Balaban J connectivity index is 2.33. The number of aliphatic hydroxyl groups excluding tert-OH is 2. The summed E-state index contributed by atoms with van der Waals surface area (Å²) >= 11 is 0. The molecule has 0 aromatic carbocycles. The van der Waals surface area contributed by atoms with Crippen LogP contribution >= 0.6 is 0 Å². The second-order valence-electron chi connectivity index (χ2n) is 2.73. The van der Waals surface area contributed by atoms with Gasteiger partial charge in [-0.1, -0.05) is 6.92 Å². The molecule has 0 aromatic heterocycles. The Morgan fingerprint density at radius 1 is 1.40 bits per heavy atom. The lowest BCUT2D eigenvalue weighted by molar-refractivity contribution is -0.121. The van der Waals surface area contributed by atoms with Gasteiger partial charge in [0.15, 0.2) is 0 Å². The summed E-state index contributed by atoms with van der Waals surface area (Å²) < 4.78 is 5.20. The Labute approximate surface area is 60.6 Å². The zero-order valence-corrected chi connectivity index (χ0v) is 6.16. The number of rotatable bonds is 1. The van der Waals surface area contributed by atoms with E-state index in [1.807, 2.05) is 6.92 Å². The van der Waals surface area contributed by atoms with Crippen molar-refractivity contribution in [3.63, 3.8) is 0 Å². The predicted molar refractivity (Wildman–Crippen MR) is 36.7 cm³/mol. The third-order valence-electron chi connectivity index (χ3n) is 1.91. The Morgan fingerprint density at radius 3 is 2.60 bits per heavy atom. The van der Waals surface area contributed by atoms with Crippen LogP contribution in [-0.4, -0.2) is 35.1 Å². The van der Waals surface area contributed by atoms with Gasteiger partial charge in [-0.3, -0.25) is 0 Å². The van der Waals surface area contributed by atoms with Crippen molar-refractivity contribution in [3.05, 3.63) is 0 Å². The summed E-state index contributed by atoms with van der Waals surface area (Å²) in [6, 6.07) is 0. The van der Waals surface area contributed by atoms with E-state index in [0.717, 1.165) is 6.42 Å². The predicted octanol–water partition coefficient (Wildman–Crippen LogP) is -0.0929. The van der Waals surface area contributed by atoms with Crippen LogP contribution in [0.1, 0.15) is 19.8 Å². The van der Waals surface area contributed by atoms with Gasteiger partial charge in [0.25, 0.3) is 0 Å². The highest BCUT2D eigenvalue weighted by atomic mass is 16.5. The van der Waals surface area contributed by atoms with Crippen molar-refractivity contribution in [2.75, 3.05) is 6.61 Å². The third-order valence-corrected chi connectivity index (χ3v) is 1.91. The van der Waals surface area contributed by atoms with Crippen molar-refractivity contribution in [2.24, 2.45) is 0 Å². The molecule has 2 N–H and O–H groups in total. The largest absolute Gasteiger partial charge is 0.390 e. The highest BCUT2D eigenvalue weighted by Crippen LogP contribution is 2.16. The molecule has 0 saturated carbocycles. The molecule has 0 aliphatic carbocycles. The van der Waals surface area contributed by atoms with Gasteiger partial charge in [-0.05, 0) is 6.42 Å². The van der Waals surface area contributed by atoms with E-state index in [1.165, 1.54) is 0 Å². The van der Waals surface area contributed by atoms with Gasteiger partial charge in [-0.15, -0.1) is 0 Å². The molecule has 3 unspecified atom stereocenters. The molecule has 60 valence electrons. The van der Waals surface area contributed by atoms with Crippen LogP contribution in [0.15, 0.2) is 0 Å². The van der Waals surface area contributed by atoms with Crippen LogP contribution in [0, 0.1) is 0 Å².